The van der Waals surface area contributed by atoms with Crippen LogP contribution in [-0.2, 0) is 15.3 Å². The summed E-state index contributed by atoms with van der Waals surface area (Å²) < 4.78 is 34.3. The molecular formula is C22H20BrClN4O3S. The topological polar surface area (TPSA) is 90.9 Å². The molecule has 0 amide bonds. The van der Waals surface area contributed by atoms with E-state index in [4.69, 9.17) is 16.0 Å². The van der Waals surface area contributed by atoms with Gasteiger partial charge < -0.3 is 4.42 Å². The standard InChI is InChI=1S/C22H20BrClN4O3S/c1-22(2,3)21-26-25-20(31-21)17-19(32(4,29)30)18(13-9-11-14(23)12-10-13)28(27-17)16-8-6-5-7-15(16)24/h5-12H,1-4H3. The summed E-state index contributed by atoms with van der Waals surface area (Å²) in [5.74, 6) is 0.406. The van der Waals surface area contributed by atoms with E-state index in [-0.39, 0.29) is 16.5 Å². The van der Waals surface area contributed by atoms with Crippen molar-refractivity contribution in [2.45, 2.75) is 31.1 Å². The van der Waals surface area contributed by atoms with Crippen LogP contribution in [0.25, 0.3) is 28.5 Å². The molecular weight excluding hydrogens is 516 g/mol. The highest BCUT2D eigenvalue weighted by Crippen LogP contribution is 2.39. The van der Waals surface area contributed by atoms with Crippen molar-refractivity contribution in [2.75, 3.05) is 6.26 Å². The Balaban J connectivity index is 2.10. The van der Waals surface area contributed by atoms with Crippen LogP contribution in [0.5, 0.6) is 0 Å². The predicted octanol–water partition coefficient (Wildman–Crippen LogP) is 5.71. The fraction of sp³-hybridized carbons (Fsp3) is 0.227. The zero-order chi connectivity index (χ0) is 23.3. The number of hydrogen-bond acceptors (Lipinski definition) is 6. The Morgan fingerprint density at radius 1 is 1.03 bits per heavy atom. The van der Waals surface area contributed by atoms with E-state index in [0.717, 1.165) is 10.7 Å². The van der Waals surface area contributed by atoms with Crippen molar-refractivity contribution in [2.24, 2.45) is 0 Å². The summed E-state index contributed by atoms with van der Waals surface area (Å²) >= 11 is 9.88. The lowest BCUT2D eigenvalue weighted by Gasteiger charge is -2.11. The van der Waals surface area contributed by atoms with E-state index in [1.807, 2.05) is 32.9 Å². The van der Waals surface area contributed by atoms with Crippen LogP contribution < -0.4 is 0 Å². The van der Waals surface area contributed by atoms with Crippen molar-refractivity contribution in [1.29, 1.82) is 0 Å². The Labute approximate surface area is 199 Å². The monoisotopic (exact) mass is 534 g/mol. The number of aromatic nitrogens is 4. The van der Waals surface area contributed by atoms with E-state index < -0.39 is 15.3 Å². The van der Waals surface area contributed by atoms with E-state index >= 15 is 0 Å². The molecule has 32 heavy (non-hydrogen) atoms. The number of rotatable bonds is 4. The second-order valence-electron chi connectivity index (χ2n) is 8.33. The van der Waals surface area contributed by atoms with Gasteiger partial charge in [-0.3, -0.25) is 0 Å². The Morgan fingerprint density at radius 2 is 1.69 bits per heavy atom. The van der Waals surface area contributed by atoms with Crippen LogP contribution in [0.2, 0.25) is 5.02 Å². The van der Waals surface area contributed by atoms with Crippen molar-refractivity contribution >= 4 is 37.4 Å². The van der Waals surface area contributed by atoms with E-state index in [1.165, 1.54) is 4.68 Å². The summed E-state index contributed by atoms with van der Waals surface area (Å²) in [5.41, 5.74) is 1.20. The van der Waals surface area contributed by atoms with E-state index in [0.29, 0.717) is 27.9 Å². The number of benzene rings is 2. The number of halogens is 2. The van der Waals surface area contributed by atoms with Crippen LogP contribution in [0.3, 0.4) is 0 Å². The predicted molar refractivity (Wildman–Crippen MR) is 127 cm³/mol. The Kier molecular flexibility index (Phi) is 5.77. The zero-order valence-corrected chi connectivity index (χ0v) is 21.0. The molecule has 2 aromatic carbocycles. The van der Waals surface area contributed by atoms with Gasteiger partial charge in [0.1, 0.15) is 4.90 Å². The minimum Gasteiger partial charge on any atom is -0.419 e. The van der Waals surface area contributed by atoms with Gasteiger partial charge in [0.2, 0.25) is 5.89 Å². The van der Waals surface area contributed by atoms with Crippen LogP contribution >= 0.6 is 27.5 Å². The van der Waals surface area contributed by atoms with E-state index in [9.17, 15) is 8.42 Å². The van der Waals surface area contributed by atoms with Crippen molar-refractivity contribution in [3.8, 4) is 28.5 Å². The molecule has 0 aliphatic heterocycles. The molecule has 0 saturated heterocycles. The van der Waals surface area contributed by atoms with Gasteiger partial charge in [-0.1, -0.05) is 72.6 Å². The van der Waals surface area contributed by atoms with Crippen LogP contribution in [0, 0.1) is 0 Å². The third-order valence-electron chi connectivity index (χ3n) is 4.68. The Hall–Kier alpha value is -2.49. The van der Waals surface area contributed by atoms with Gasteiger partial charge in [0.05, 0.1) is 16.4 Å². The van der Waals surface area contributed by atoms with Crippen molar-refractivity contribution in [1.82, 2.24) is 20.0 Å². The molecule has 0 atom stereocenters. The first-order valence-electron chi connectivity index (χ1n) is 9.65. The van der Waals surface area contributed by atoms with Gasteiger partial charge in [-0.2, -0.15) is 5.10 Å². The molecule has 166 valence electrons. The largest absolute Gasteiger partial charge is 0.419 e. The first kappa shape index (κ1) is 22.7. The molecule has 2 heterocycles. The third kappa shape index (κ3) is 4.24. The van der Waals surface area contributed by atoms with E-state index in [2.05, 4.69) is 31.2 Å². The van der Waals surface area contributed by atoms with Gasteiger partial charge in [-0.25, -0.2) is 13.1 Å². The average molecular weight is 536 g/mol. The van der Waals surface area contributed by atoms with Crippen molar-refractivity contribution < 1.29 is 12.8 Å². The van der Waals surface area contributed by atoms with Gasteiger partial charge in [0.25, 0.3) is 5.89 Å². The van der Waals surface area contributed by atoms with Crippen molar-refractivity contribution in [3.05, 3.63) is 63.9 Å². The zero-order valence-electron chi connectivity index (χ0n) is 17.8. The lowest BCUT2D eigenvalue weighted by molar-refractivity contribution is 0.398. The molecule has 0 radical (unpaired) electrons. The highest BCUT2D eigenvalue weighted by atomic mass is 79.9. The van der Waals surface area contributed by atoms with Gasteiger partial charge in [-0.15, -0.1) is 10.2 Å². The summed E-state index contributed by atoms with van der Waals surface area (Å²) in [5, 5.41) is 13.3. The fourth-order valence-corrected chi connectivity index (χ4v) is 4.69. The second kappa shape index (κ2) is 8.13. The molecule has 7 nitrogen and oxygen atoms in total. The molecule has 0 spiro atoms. The number of para-hydroxylation sites is 1. The normalized spacial score (nSPS) is 12.3. The van der Waals surface area contributed by atoms with E-state index in [1.54, 1.807) is 36.4 Å². The molecule has 0 bridgehead atoms. The fourth-order valence-electron chi connectivity index (χ4n) is 3.18. The maximum absolute atomic E-state index is 13.0. The molecule has 0 unspecified atom stereocenters. The molecule has 4 rings (SSSR count). The highest BCUT2D eigenvalue weighted by Gasteiger charge is 2.32. The van der Waals surface area contributed by atoms with Crippen LogP contribution in [0.15, 0.2) is 62.3 Å². The van der Waals surface area contributed by atoms with Crippen LogP contribution in [-0.4, -0.2) is 34.7 Å². The SMILES string of the molecule is CC(C)(C)c1nnc(-c2nn(-c3ccccc3Cl)c(-c3ccc(Br)cc3)c2S(C)(=O)=O)o1. The summed E-state index contributed by atoms with van der Waals surface area (Å²) in [7, 11) is -3.76. The summed E-state index contributed by atoms with van der Waals surface area (Å²) in [6, 6.07) is 14.3. The van der Waals surface area contributed by atoms with Crippen LogP contribution in [0.4, 0.5) is 0 Å². The second-order valence-corrected chi connectivity index (χ2v) is 11.6. The summed E-state index contributed by atoms with van der Waals surface area (Å²) in [6.07, 6.45) is 1.13. The number of sulfone groups is 1. The third-order valence-corrected chi connectivity index (χ3v) is 6.66. The van der Waals surface area contributed by atoms with Crippen LogP contribution in [0.1, 0.15) is 26.7 Å². The summed E-state index contributed by atoms with van der Waals surface area (Å²) in [4.78, 5) is -0.0103. The van der Waals surface area contributed by atoms with Gasteiger partial charge in [-0.05, 0) is 24.3 Å². The van der Waals surface area contributed by atoms with Gasteiger partial charge >= 0.3 is 0 Å². The molecule has 0 fully saturated rings. The first-order chi connectivity index (χ1) is 15.0. The Bertz CT molecular complexity index is 1400. The molecule has 10 heteroatoms. The maximum Gasteiger partial charge on any atom is 0.269 e. The number of nitrogens with zero attached hydrogens (tertiary/aromatic N) is 4. The molecule has 0 N–H and O–H groups in total. The quantitative estimate of drug-likeness (QED) is 0.333. The highest BCUT2D eigenvalue weighted by molar-refractivity contribution is 9.10. The molecule has 0 saturated carbocycles. The minimum atomic E-state index is -3.76. The maximum atomic E-state index is 13.0. The van der Waals surface area contributed by atoms with Gasteiger partial charge in [0.15, 0.2) is 15.5 Å². The summed E-state index contributed by atoms with van der Waals surface area (Å²) in [6.45, 7) is 5.78. The minimum absolute atomic E-state index is 0.0103. The molecule has 4 aromatic rings. The Morgan fingerprint density at radius 3 is 2.25 bits per heavy atom. The molecule has 2 aromatic heterocycles. The lowest BCUT2D eigenvalue weighted by atomic mass is 9.97. The van der Waals surface area contributed by atoms with Crippen molar-refractivity contribution in [3.63, 3.8) is 0 Å². The lowest BCUT2D eigenvalue weighted by Crippen LogP contribution is -2.11. The molecule has 0 aliphatic carbocycles. The molecule has 0 aliphatic rings. The average Bonchev–Trinajstić information content (AvgIpc) is 3.33. The first-order valence-corrected chi connectivity index (χ1v) is 12.7. The number of hydrogen-bond donors (Lipinski definition) is 0. The van der Waals surface area contributed by atoms with Gasteiger partial charge in [0, 0.05) is 21.7 Å². The smallest absolute Gasteiger partial charge is 0.269 e.